The maximum atomic E-state index is 13.6. The number of hydrogen-bond acceptors (Lipinski definition) is 9. The fourth-order valence-corrected chi connectivity index (χ4v) is 3.57. The summed E-state index contributed by atoms with van der Waals surface area (Å²) in [5.41, 5.74) is 1.25. The van der Waals surface area contributed by atoms with E-state index in [2.05, 4.69) is 25.3 Å². The van der Waals surface area contributed by atoms with Gasteiger partial charge in [0.1, 0.15) is 12.4 Å². The van der Waals surface area contributed by atoms with Gasteiger partial charge in [0.05, 0.1) is 48.9 Å². The summed E-state index contributed by atoms with van der Waals surface area (Å²) in [6.07, 6.45) is 0.662. The minimum absolute atomic E-state index is 0.0457. The van der Waals surface area contributed by atoms with Crippen LogP contribution in [0.3, 0.4) is 0 Å². The Morgan fingerprint density at radius 1 is 1.22 bits per heavy atom. The van der Waals surface area contributed by atoms with Gasteiger partial charge >= 0.3 is 6.01 Å². The van der Waals surface area contributed by atoms with Gasteiger partial charge in [-0.3, -0.25) is 4.79 Å². The summed E-state index contributed by atoms with van der Waals surface area (Å²) in [7, 11) is 1.56. The van der Waals surface area contributed by atoms with Crippen molar-refractivity contribution in [3.8, 4) is 28.7 Å². The Morgan fingerprint density at radius 3 is 2.67 bits per heavy atom. The Balaban J connectivity index is 1.59. The van der Waals surface area contributed by atoms with Crippen molar-refractivity contribution in [3.63, 3.8) is 0 Å². The lowest BCUT2D eigenvalue weighted by Crippen LogP contribution is -2.49. The summed E-state index contributed by atoms with van der Waals surface area (Å²) in [5, 5.41) is 11.8. The van der Waals surface area contributed by atoms with Crippen molar-refractivity contribution in [3.05, 3.63) is 48.2 Å². The molecule has 36 heavy (non-hydrogen) atoms. The standard InChI is InChI=1S/C24H28FN5O6/c1-24(22(32)26-9-11-33-2)13-35-21(36-14-24)20-29-18(15-3-5-16(25)6-4-15)19(30-20)17-7-8-27-23(28-17)34-12-10-31/h3-8,21,31H,9-14H2,1-2H3,(H,26,32)(H,29,30). The van der Waals surface area contributed by atoms with Gasteiger partial charge in [-0.05, 0) is 37.3 Å². The number of rotatable bonds is 10. The van der Waals surface area contributed by atoms with Crippen LogP contribution in [0.2, 0.25) is 0 Å². The number of ether oxygens (including phenoxy) is 4. The number of nitrogens with one attached hydrogen (secondary N) is 2. The zero-order valence-corrected chi connectivity index (χ0v) is 20.0. The molecule has 1 aliphatic rings. The second-order valence-electron chi connectivity index (χ2n) is 8.41. The van der Waals surface area contributed by atoms with Crippen LogP contribution in [-0.4, -0.2) is 77.6 Å². The highest BCUT2D eigenvalue weighted by molar-refractivity contribution is 5.82. The summed E-state index contributed by atoms with van der Waals surface area (Å²) < 4.78 is 35.6. The summed E-state index contributed by atoms with van der Waals surface area (Å²) in [5.74, 6) is -0.205. The third-order valence-electron chi connectivity index (χ3n) is 5.52. The number of amides is 1. The predicted octanol–water partition coefficient (Wildman–Crippen LogP) is 1.86. The molecule has 0 radical (unpaired) electrons. The summed E-state index contributed by atoms with van der Waals surface area (Å²) >= 11 is 0. The van der Waals surface area contributed by atoms with Gasteiger partial charge in [-0.25, -0.2) is 14.4 Å². The fraction of sp³-hybridized carbons (Fsp3) is 0.417. The Morgan fingerprint density at radius 2 is 1.97 bits per heavy atom. The Bertz CT molecular complexity index is 1160. The first-order valence-electron chi connectivity index (χ1n) is 11.4. The smallest absolute Gasteiger partial charge is 0.317 e. The lowest BCUT2D eigenvalue weighted by Gasteiger charge is -2.35. The van der Waals surface area contributed by atoms with Crippen LogP contribution < -0.4 is 10.1 Å². The highest BCUT2D eigenvalue weighted by Gasteiger charge is 2.40. The van der Waals surface area contributed by atoms with Gasteiger partial charge in [-0.2, -0.15) is 4.98 Å². The summed E-state index contributed by atoms with van der Waals surface area (Å²) in [4.78, 5) is 28.9. The van der Waals surface area contributed by atoms with Crippen LogP contribution in [0.1, 0.15) is 19.0 Å². The second-order valence-corrected chi connectivity index (χ2v) is 8.41. The Hall–Kier alpha value is -3.45. The van der Waals surface area contributed by atoms with Gasteiger partial charge < -0.3 is 34.4 Å². The molecule has 192 valence electrons. The van der Waals surface area contributed by atoms with Crippen LogP contribution in [0.15, 0.2) is 36.5 Å². The molecule has 0 aliphatic carbocycles. The molecule has 11 nitrogen and oxygen atoms in total. The van der Waals surface area contributed by atoms with Gasteiger partial charge in [0, 0.05) is 25.4 Å². The SMILES string of the molecule is COCCNC(=O)C1(C)COC(c2nc(-c3ccc(F)cc3)c(-c3ccnc(OCCO)n3)[nH]2)OC1. The van der Waals surface area contributed by atoms with Crippen LogP contribution in [-0.2, 0) is 19.0 Å². The minimum atomic E-state index is -0.870. The van der Waals surface area contributed by atoms with E-state index in [0.29, 0.717) is 41.6 Å². The molecule has 0 atom stereocenters. The molecular weight excluding hydrogens is 473 g/mol. The lowest BCUT2D eigenvalue weighted by atomic mass is 9.91. The first kappa shape index (κ1) is 25.6. The van der Waals surface area contributed by atoms with E-state index in [0.717, 1.165) is 0 Å². The van der Waals surface area contributed by atoms with Gasteiger partial charge in [-0.15, -0.1) is 0 Å². The Labute approximate surface area is 207 Å². The molecule has 12 heteroatoms. The summed E-state index contributed by atoms with van der Waals surface area (Å²) in [6, 6.07) is 7.64. The molecule has 0 saturated carbocycles. The molecule has 0 unspecified atom stereocenters. The van der Waals surface area contributed by atoms with Gasteiger partial charge in [-0.1, -0.05) is 0 Å². The molecule has 0 bridgehead atoms. The number of aromatic amines is 1. The van der Waals surface area contributed by atoms with E-state index in [1.165, 1.54) is 18.3 Å². The van der Waals surface area contributed by atoms with Gasteiger partial charge in [0.2, 0.25) is 12.2 Å². The fourth-order valence-electron chi connectivity index (χ4n) is 3.57. The zero-order valence-electron chi connectivity index (χ0n) is 20.0. The summed E-state index contributed by atoms with van der Waals surface area (Å²) in [6.45, 7) is 2.66. The monoisotopic (exact) mass is 501 g/mol. The lowest BCUT2D eigenvalue weighted by molar-refractivity contribution is -0.231. The second kappa shape index (κ2) is 11.5. The van der Waals surface area contributed by atoms with Crippen LogP contribution in [0, 0.1) is 11.2 Å². The van der Waals surface area contributed by atoms with Crippen molar-refractivity contribution >= 4 is 5.91 Å². The number of H-pyrrole nitrogens is 1. The topological polar surface area (TPSA) is 141 Å². The zero-order chi connectivity index (χ0) is 25.5. The molecule has 3 heterocycles. The molecule has 4 rings (SSSR count). The molecule has 3 aromatic rings. The predicted molar refractivity (Wildman–Crippen MR) is 125 cm³/mol. The number of aliphatic hydroxyl groups excluding tert-OH is 1. The number of halogens is 1. The van der Waals surface area contributed by atoms with Crippen LogP contribution in [0.5, 0.6) is 6.01 Å². The number of nitrogens with zero attached hydrogens (tertiary/aromatic N) is 3. The van der Waals surface area contributed by atoms with Crippen molar-refractivity contribution < 1.29 is 33.2 Å². The number of aromatic nitrogens is 4. The quantitative estimate of drug-likeness (QED) is 0.355. The number of benzene rings is 1. The number of carbonyl (C=O) groups excluding carboxylic acids is 1. The maximum absolute atomic E-state index is 13.6. The Kier molecular flexibility index (Phi) is 8.21. The molecule has 1 amide bonds. The van der Waals surface area contributed by atoms with E-state index in [9.17, 15) is 9.18 Å². The van der Waals surface area contributed by atoms with E-state index in [4.69, 9.17) is 24.1 Å². The molecule has 1 aliphatic heterocycles. The first-order chi connectivity index (χ1) is 17.4. The molecule has 1 fully saturated rings. The molecule has 2 aromatic heterocycles. The number of methoxy groups -OCH3 is 1. The molecule has 1 aromatic carbocycles. The van der Waals surface area contributed by atoms with E-state index < -0.39 is 11.7 Å². The van der Waals surface area contributed by atoms with Crippen LogP contribution in [0.4, 0.5) is 4.39 Å². The average molecular weight is 502 g/mol. The largest absolute Gasteiger partial charge is 0.461 e. The van der Waals surface area contributed by atoms with Crippen molar-refractivity contribution in [2.24, 2.45) is 5.41 Å². The average Bonchev–Trinajstić information content (AvgIpc) is 3.34. The normalized spacial score (nSPS) is 19.7. The van der Waals surface area contributed by atoms with E-state index in [1.54, 1.807) is 32.2 Å². The van der Waals surface area contributed by atoms with Gasteiger partial charge in [0.15, 0.2) is 5.82 Å². The van der Waals surface area contributed by atoms with E-state index >= 15 is 0 Å². The number of imidazole rings is 1. The number of carbonyl (C=O) groups is 1. The number of hydrogen-bond donors (Lipinski definition) is 3. The first-order valence-corrected chi connectivity index (χ1v) is 11.4. The van der Waals surface area contributed by atoms with Crippen LogP contribution in [0.25, 0.3) is 22.6 Å². The van der Waals surface area contributed by atoms with Crippen molar-refractivity contribution in [2.75, 3.05) is 46.7 Å². The highest BCUT2D eigenvalue weighted by Crippen LogP contribution is 2.35. The van der Waals surface area contributed by atoms with Gasteiger partial charge in [0.25, 0.3) is 0 Å². The molecule has 3 N–H and O–H groups in total. The van der Waals surface area contributed by atoms with E-state index in [1.807, 2.05) is 0 Å². The molecular formula is C24H28FN5O6. The third kappa shape index (κ3) is 5.85. The molecule has 0 spiro atoms. The van der Waals surface area contributed by atoms with Crippen molar-refractivity contribution in [1.82, 2.24) is 25.3 Å². The van der Waals surface area contributed by atoms with Crippen molar-refractivity contribution in [1.29, 1.82) is 0 Å². The maximum Gasteiger partial charge on any atom is 0.317 e. The van der Waals surface area contributed by atoms with Crippen LogP contribution >= 0.6 is 0 Å². The number of aliphatic hydroxyl groups is 1. The van der Waals surface area contributed by atoms with Crippen molar-refractivity contribution in [2.45, 2.75) is 13.2 Å². The third-order valence-corrected chi connectivity index (χ3v) is 5.52. The molecule has 1 saturated heterocycles. The van der Waals surface area contributed by atoms with E-state index in [-0.39, 0.29) is 44.2 Å². The highest BCUT2D eigenvalue weighted by atomic mass is 19.1. The minimum Gasteiger partial charge on any atom is -0.461 e.